The van der Waals surface area contributed by atoms with Crippen LogP contribution in [0.25, 0.3) is 0 Å². The van der Waals surface area contributed by atoms with Crippen molar-refractivity contribution in [3.63, 3.8) is 0 Å². The van der Waals surface area contributed by atoms with Crippen molar-refractivity contribution >= 4 is 34.7 Å². The fraction of sp³-hybridized carbons (Fsp3) is 0.444. The average molecular weight is 416 g/mol. The van der Waals surface area contributed by atoms with E-state index in [-0.39, 0.29) is 16.8 Å². The summed E-state index contributed by atoms with van der Waals surface area (Å²) in [7, 11) is 0. The molecule has 1 unspecified atom stereocenters. The minimum Gasteiger partial charge on any atom is -0.355 e. The number of anilines is 1. The zero-order valence-corrected chi connectivity index (χ0v) is 15.9. The molecule has 1 fully saturated rings. The molecule has 4 rings (SSSR count). The van der Waals surface area contributed by atoms with Crippen LogP contribution < -0.4 is 4.90 Å². The third-order valence-corrected chi connectivity index (χ3v) is 6.41. The first kappa shape index (κ1) is 18.6. The van der Waals surface area contributed by atoms with Crippen molar-refractivity contribution < 1.29 is 18.0 Å². The first-order valence-corrected chi connectivity index (χ1v) is 9.90. The van der Waals surface area contributed by atoms with E-state index < -0.39 is 11.7 Å². The molecular formula is C18H17ClF3N3OS. The van der Waals surface area contributed by atoms with Gasteiger partial charge in [0.25, 0.3) is 0 Å². The Morgan fingerprint density at radius 2 is 2.15 bits per heavy atom. The van der Waals surface area contributed by atoms with Gasteiger partial charge in [0.05, 0.1) is 16.5 Å². The number of thiophene rings is 1. The maximum Gasteiger partial charge on any atom is 0.417 e. The number of carbonyl (C=O) groups is 1. The highest BCUT2D eigenvalue weighted by atomic mass is 35.5. The van der Waals surface area contributed by atoms with Crippen molar-refractivity contribution in [2.24, 2.45) is 5.92 Å². The molecule has 0 bridgehead atoms. The van der Waals surface area contributed by atoms with Gasteiger partial charge in [-0.2, -0.15) is 13.2 Å². The predicted octanol–water partition coefficient (Wildman–Crippen LogP) is 4.23. The molecular weight excluding hydrogens is 399 g/mol. The van der Waals surface area contributed by atoms with Gasteiger partial charge in [0.2, 0.25) is 5.91 Å². The highest BCUT2D eigenvalue weighted by Crippen LogP contribution is 2.35. The van der Waals surface area contributed by atoms with Gasteiger partial charge < -0.3 is 9.80 Å². The third kappa shape index (κ3) is 3.65. The monoisotopic (exact) mass is 415 g/mol. The van der Waals surface area contributed by atoms with E-state index in [9.17, 15) is 18.0 Å². The van der Waals surface area contributed by atoms with Gasteiger partial charge in [-0.25, -0.2) is 4.98 Å². The lowest BCUT2D eigenvalue weighted by Gasteiger charge is -2.29. The summed E-state index contributed by atoms with van der Waals surface area (Å²) >= 11 is 7.76. The number of fused-ring (bicyclic) bond motifs is 1. The Morgan fingerprint density at radius 1 is 1.33 bits per heavy atom. The van der Waals surface area contributed by atoms with Crippen LogP contribution in [0.2, 0.25) is 5.02 Å². The highest BCUT2D eigenvalue weighted by Gasteiger charge is 2.36. The number of rotatable bonds is 2. The van der Waals surface area contributed by atoms with Crippen molar-refractivity contribution in [1.82, 2.24) is 9.88 Å². The summed E-state index contributed by atoms with van der Waals surface area (Å²) in [6, 6.07) is 2.95. The van der Waals surface area contributed by atoms with Gasteiger partial charge in [-0.15, -0.1) is 11.3 Å². The van der Waals surface area contributed by atoms with Gasteiger partial charge in [-0.3, -0.25) is 4.79 Å². The number of carbonyl (C=O) groups excluding carboxylic acids is 1. The number of amides is 1. The zero-order chi connectivity index (χ0) is 19.2. The Bertz CT molecular complexity index is 870. The topological polar surface area (TPSA) is 36.4 Å². The molecule has 9 heteroatoms. The van der Waals surface area contributed by atoms with E-state index >= 15 is 0 Å². The third-order valence-electron chi connectivity index (χ3n) is 5.11. The van der Waals surface area contributed by atoms with Gasteiger partial charge in [0.1, 0.15) is 5.82 Å². The van der Waals surface area contributed by atoms with Crippen LogP contribution in [-0.4, -0.2) is 35.4 Å². The van der Waals surface area contributed by atoms with Crippen LogP contribution in [0.4, 0.5) is 19.0 Å². The smallest absolute Gasteiger partial charge is 0.355 e. The van der Waals surface area contributed by atoms with Crippen LogP contribution in [0.3, 0.4) is 0 Å². The predicted molar refractivity (Wildman–Crippen MR) is 98.0 cm³/mol. The number of hydrogen-bond acceptors (Lipinski definition) is 4. The van der Waals surface area contributed by atoms with Crippen LogP contribution >= 0.6 is 22.9 Å². The SMILES string of the molecule is O=C(C1CCN(c2ncc(C(F)(F)F)cc2Cl)C1)N1CCc2sccc2C1. The molecule has 1 atom stereocenters. The van der Waals surface area contributed by atoms with E-state index in [0.29, 0.717) is 38.4 Å². The minimum absolute atomic E-state index is 0.0428. The second-order valence-electron chi connectivity index (χ2n) is 6.84. The van der Waals surface area contributed by atoms with Crippen LogP contribution in [-0.2, 0) is 23.9 Å². The lowest BCUT2D eigenvalue weighted by atomic mass is 10.0. The highest BCUT2D eigenvalue weighted by molar-refractivity contribution is 7.10. The summed E-state index contributed by atoms with van der Waals surface area (Å²) in [5, 5.41) is 2.01. The molecule has 0 spiro atoms. The van der Waals surface area contributed by atoms with Gasteiger partial charge in [-0.05, 0) is 35.9 Å². The molecule has 0 saturated carbocycles. The van der Waals surface area contributed by atoms with Crippen molar-refractivity contribution in [1.29, 1.82) is 0 Å². The van der Waals surface area contributed by atoms with Crippen molar-refractivity contribution in [3.8, 4) is 0 Å². The quantitative estimate of drug-likeness (QED) is 0.736. The number of nitrogens with zero attached hydrogens (tertiary/aromatic N) is 3. The van der Waals surface area contributed by atoms with Crippen LogP contribution in [0, 0.1) is 5.92 Å². The Hall–Kier alpha value is -1.80. The largest absolute Gasteiger partial charge is 0.417 e. The van der Waals surface area contributed by atoms with Crippen molar-refractivity contribution in [3.05, 3.63) is 44.7 Å². The Balaban J connectivity index is 1.44. The van der Waals surface area contributed by atoms with Crippen LogP contribution in [0.5, 0.6) is 0 Å². The molecule has 144 valence electrons. The van der Waals surface area contributed by atoms with E-state index in [1.54, 1.807) is 16.2 Å². The summed E-state index contributed by atoms with van der Waals surface area (Å²) < 4.78 is 38.3. The fourth-order valence-electron chi connectivity index (χ4n) is 3.67. The molecule has 2 aromatic rings. The first-order chi connectivity index (χ1) is 12.8. The number of hydrogen-bond donors (Lipinski definition) is 0. The van der Waals surface area contributed by atoms with Gasteiger partial charge in [-0.1, -0.05) is 11.6 Å². The van der Waals surface area contributed by atoms with E-state index in [1.165, 1.54) is 10.4 Å². The normalized spacial score (nSPS) is 20.1. The molecule has 0 aromatic carbocycles. The first-order valence-electron chi connectivity index (χ1n) is 8.64. The minimum atomic E-state index is -4.48. The van der Waals surface area contributed by atoms with Gasteiger partial charge in [0.15, 0.2) is 0 Å². The molecule has 4 nitrogen and oxygen atoms in total. The summed E-state index contributed by atoms with van der Waals surface area (Å²) in [5.41, 5.74) is 0.338. The Labute approximate surface area is 163 Å². The summed E-state index contributed by atoms with van der Waals surface area (Å²) in [4.78, 5) is 21.8. The number of aromatic nitrogens is 1. The van der Waals surface area contributed by atoms with Gasteiger partial charge >= 0.3 is 6.18 Å². The zero-order valence-electron chi connectivity index (χ0n) is 14.3. The number of pyridine rings is 1. The van der Waals surface area contributed by atoms with E-state index in [1.807, 2.05) is 10.3 Å². The molecule has 4 heterocycles. The molecule has 0 aliphatic carbocycles. The maximum absolute atomic E-state index is 12.9. The molecule has 0 radical (unpaired) electrons. The molecule has 2 aromatic heterocycles. The Kier molecular flexibility index (Phi) is 4.80. The molecule has 27 heavy (non-hydrogen) atoms. The van der Waals surface area contributed by atoms with E-state index in [4.69, 9.17) is 11.6 Å². The second kappa shape index (κ2) is 6.98. The summed E-state index contributed by atoms with van der Waals surface area (Å²) in [5.74, 6) is 0.210. The number of alkyl halides is 3. The fourth-order valence-corrected chi connectivity index (χ4v) is 4.84. The average Bonchev–Trinajstić information content (AvgIpc) is 3.29. The molecule has 2 aliphatic heterocycles. The lowest BCUT2D eigenvalue weighted by Crippen LogP contribution is -2.40. The van der Waals surface area contributed by atoms with Crippen LogP contribution in [0.15, 0.2) is 23.7 Å². The summed E-state index contributed by atoms with van der Waals surface area (Å²) in [6.07, 6.45) is -2.17. The molecule has 0 N–H and O–H groups in total. The van der Waals surface area contributed by atoms with Gasteiger partial charge in [0, 0.05) is 37.3 Å². The molecule has 1 saturated heterocycles. The number of halogens is 4. The van der Waals surface area contributed by atoms with Crippen molar-refractivity contribution in [2.45, 2.75) is 25.6 Å². The maximum atomic E-state index is 12.9. The Morgan fingerprint density at radius 3 is 2.89 bits per heavy atom. The molecule has 1 amide bonds. The van der Waals surface area contributed by atoms with Crippen LogP contribution in [0.1, 0.15) is 22.4 Å². The lowest BCUT2D eigenvalue weighted by molar-refractivity contribution is -0.138. The van der Waals surface area contributed by atoms with E-state index in [0.717, 1.165) is 18.7 Å². The standard InChI is InChI=1S/C18H17ClF3N3OS/c19-14-7-13(18(20,21)22)8-23-16(14)24-4-1-12(10-24)17(26)25-5-2-15-11(9-25)3-6-27-15/h3,6-8,12H,1-2,4-5,9-10H2. The van der Waals surface area contributed by atoms with Crippen molar-refractivity contribution in [2.75, 3.05) is 24.5 Å². The molecule has 2 aliphatic rings. The van der Waals surface area contributed by atoms with E-state index in [2.05, 4.69) is 11.1 Å². The second-order valence-corrected chi connectivity index (χ2v) is 8.25. The summed E-state index contributed by atoms with van der Waals surface area (Å²) in [6.45, 7) is 2.31.